The zero-order chi connectivity index (χ0) is 20.1. The first-order valence-electron chi connectivity index (χ1n) is 9.23. The molecule has 0 bridgehead atoms. The predicted octanol–water partition coefficient (Wildman–Crippen LogP) is 3.82. The average molecular weight is 383 g/mol. The van der Waals surface area contributed by atoms with Crippen molar-refractivity contribution in [2.45, 2.75) is 32.9 Å². The van der Waals surface area contributed by atoms with Crippen LogP contribution in [-0.4, -0.2) is 46.5 Å². The van der Waals surface area contributed by atoms with Crippen LogP contribution >= 0.6 is 0 Å². The second-order valence-corrected chi connectivity index (χ2v) is 6.94. The van der Waals surface area contributed by atoms with Crippen LogP contribution in [0.4, 0.5) is 10.6 Å². The van der Waals surface area contributed by atoms with Crippen molar-refractivity contribution in [1.82, 2.24) is 10.1 Å². The number of carbonyl (C=O) groups is 1. The smallest absolute Gasteiger partial charge is 0.323 e. The van der Waals surface area contributed by atoms with E-state index in [0.717, 1.165) is 10.8 Å². The molecule has 0 aliphatic carbocycles. The highest BCUT2D eigenvalue weighted by Gasteiger charge is 2.22. The highest BCUT2D eigenvalue weighted by Crippen LogP contribution is 2.25. The zero-order valence-corrected chi connectivity index (χ0v) is 16.3. The molecule has 1 unspecified atom stereocenters. The van der Waals surface area contributed by atoms with Gasteiger partial charge in [-0.25, -0.2) is 4.79 Å². The first-order chi connectivity index (χ1) is 13.4. The lowest BCUT2D eigenvalue weighted by Gasteiger charge is -2.28. The van der Waals surface area contributed by atoms with E-state index in [-0.39, 0.29) is 25.2 Å². The van der Waals surface area contributed by atoms with Crippen molar-refractivity contribution in [3.05, 3.63) is 54.3 Å². The Kier molecular flexibility index (Phi) is 6.16. The molecule has 2 N–H and O–H groups in total. The largest absolute Gasteiger partial charge is 0.490 e. The van der Waals surface area contributed by atoms with E-state index in [1.165, 1.54) is 4.90 Å². The summed E-state index contributed by atoms with van der Waals surface area (Å²) in [6.07, 6.45) is -0.842. The van der Waals surface area contributed by atoms with Crippen LogP contribution in [0.3, 0.4) is 0 Å². The van der Waals surface area contributed by atoms with Crippen molar-refractivity contribution >= 4 is 22.6 Å². The molecule has 1 aromatic heterocycles. The third kappa shape index (κ3) is 4.80. The first-order valence-corrected chi connectivity index (χ1v) is 9.23. The second-order valence-electron chi connectivity index (χ2n) is 6.94. The van der Waals surface area contributed by atoms with Crippen molar-refractivity contribution in [3.8, 4) is 5.75 Å². The van der Waals surface area contributed by atoms with Gasteiger partial charge in [0.1, 0.15) is 24.2 Å². The number of aliphatic hydroxyl groups excluding tert-OH is 1. The Balaban J connectivity index is 1.60. The molecule has 0 saturated carbocycles. The average Bonchev–Trinajstić information content (AvgIpc) is 3.08. The summed E-state index contributed by atoms with van der Waals surface area (Å²) in [5, 5.41) is 18.9. The van der Waals surface area contributed by atoms with Gasteiger partial charge in [0.05, 0.1) is 6.54 Å². The van der Waals surface area contributed by atoms with Crippen molar-refractivity contribution < 1.29 is 19.2 Å². The van der Waals surface area contributed by atoms with Crippen molar-refractivity contribution in [1.29, 1.82) is 0 Å². The Morgan fingerprint density at radius 3 is 2.71 bits per heavy atom. The van der Waals surface area contributed by atoms with Gasteiger partial charge in [0.15, 0.2) is 5.82 Å². The number of hydrogen-bond acceptors (Lipinski definition) is 5. The van der Waals surface area contributed by atoms with E-state index in [9.17, 15) is 9.90 Å². The molecule has 0 spiro atoms. The molecule has 148 valence electrons. The summed E-state index contributed by atoms with van der Waals surface area (Å²) < 4.78 is 10.8. The van der Waals surface area contributed by atoms with Gasteiger partial charge in [-0.2, -0.15) is 0 Å². The van der Waals surface area contributed by atoms with Gasteiger partial charge in [0, 0.05) is 17.5 Å². The summed E-state index contributed by atoms with van der Waals surface area (Å²) >= 11 is 0. The fraction of sp³-hybridized carbons (Fsp3) is 0.333. The monoisotopic (exact) mass is 383 g/mol. The molecule has 2 amide bonds. The van der Waals surface area contributed by atoms with E-state index in [1.807, 2.05) is 56.3 Å². The normalized spacial score (nSPS) is 12.2. The number of benzene rings is 2. The Hall–Kier alpha value is -3.06. The number of anilines is 1. The molecule has 1 atom stereocenters. The lowest BCUT2D eigenvalue weighted by atomic mass is 10.1. The number of carbonyl (C=O) groups excluding carboxylic acids is 1. The Bertz CT molecular complexity index is 933. The van der Waals surface area contributed by atoms with E-state index in [0.29, 0.717) is 17.3 Å². The van der Waals surface area contributed by atoms with E-state index in [1.54, 1.807) is 13.0 Å². The molecule has 3 aromatic rings. The number of urea groups is 1. The van der Waals surface area contributed by atoms with Crippen LogP contribution in [-0.2, 0) is 0 Å². The summed E-state index contributed by atoms with van der Waals surface area (Å²) in [5.74, 6) is 1.65. The quantitative estimate of drug-likeness (QED) is 0.648. The van der Waals surface area contributed by atoms with Gasteiger partial charge in [-0.3, -0.25) is 5.32 Å². The molecule has 0 saturated heterocycles. The lowest BCUT2D eigenvalue weighted by molar-refractivity contribution is 0.0722. The number of hydrogen-bond donors (Lipinski definition) is 2. The topological polar surface area (TPSA) is 87.8 Å². The summed E-state index contributed by atoms with van der Waals surface area (Å²) in [7, 11) is 0. The summed E-state index contributed by atoms with van der Waals surface area (Å²) in [6, 6.07) is 14.9. The van der Waals surface area contributed by atoms with Gasteiger partial charge >= 0.3 is 6.03 Å². The fourth-order valence-corrected chi connectivity index (χ4v) is 2.92. The molecule has 0 fully saturated rings. The molecular formula is C21H25N3O4. The molecule has 0 aliphatic rings. The van der Waals surface area contributed by atoms with Crippen LogP contribution in [0.1, 0.15) is 19.6 Å². The maximum atomic E-state index is 12.5. The van der Waals surface area contributed by atoms with Gasteiger partial charge in [-0.15, -0.1) is 0 Å². The number of aliphatic hydroxyl groups is 1. The van der Waals surface area contributed by atoms with Crippen LogP contribution in [0.5, 0.6) is 5.75 Å². The maximum Gasteiger partial charge on any atom is 0.323 e. The number of fused-ring (bicyclic) bond motifs is 1. The molecule has 1 heterocycles. The van der Waals surface area contributed by atoms with Gasteiger partial charge < -0.3 is 19.3 Å². The Labute approximate surface area is 163 Å². The van der Waals surface area contributed by atoms with Gasteiger partial charge in [-0.05, 0) is 32.2 Å². The molecule has 0 aliphatic heterocycles. The Morgan fingerprint density at radius 1 is 1.25 bits per heavy atom. The number of aromatic nitrogens is 1. The first kappa shape index (κ1) is 19.7. The van der Waals surface area contributed by atoms with E-state index in [4.69, 9.17) is 9.26 Å². The Morgan fingerprint density at radius 2 is 2.00 bits per heavy atom. The van der Waals surface area contributed by atoms with Crippen LogP contribution in [0, 0.1) is 6.92 Å². The molecule has 2 aromatic carbocycles. The molecule has 7 nitrogen and oxygen atoms in total. The molecule has 7 heteroatoms. The number of nitrogens with one attached hydrogen (secondary N) is 1. The number of rotatable bonds is 7. The van der Waals surface area contributed by atoms with Crippen LogP contribution in [0.15, 0.2) is 53.1 Å². The van der Waals surface area contributed by atoms with E-state index in [2.05, 4.69) is 10.5 Å². The highest BCUT2D eigenvalue weighted by molar-refractivity contribution is 5.89. The summed E-state index contributed by atoms with van der Waals surface area (Å²) in [5.41, 5.74) is 0. The molecular weight excluding hydrogens is 358 g/mol. The van der Waals surface area contributed by atoms with Crippen molar-refractivity contribution in [3.63, 3.8) is 0 Å². The van der Waals surface area contributed by atoms with Crippen LogP contribution in [0.2, 0.25) is 0 Å². The summed E-state index contributed by atoms with van der Waals surface area (Å²) in [6.45, 7) is 5.72. The van der Waals surface area contributed by atoms with Crippen LogP contribution in [0.25, 0.3) is 10.8 Å². The highest BCUT2D eigenvalue weighted by atomic mass is 16.5. The van der Waals surface area contributed by atoms with Crippen molar-refractivity contribution in [2.24, 2.45) is 0 Å². The van der Waals surface area contributed by atoms with Gasteiger partial charge in [0.25, 0.3) is 0 Å². The van der Waals surface area contributed by atoms with E-state index >= 15 is 0 Å². The van der Waals surface area contributed by atoms with Gasteiger partial charge in [0.2, 0.25) is 0 Å². The second kappa shape index (κ2) is 8.75. The predicted molar refractivity (Wildman–Crippen MR) is 108 cm³/mol. The number of amides is 2. The third-order valence-corrected chi connectivity index (χ3v) is 4.34. The standard InChI is InChI=1S/C21H25N3O4/c1-14(2)24(21(26)22-20-11-15(3)28-23-20)12-17(25)13-27-19-10-6-8-16-7-4-5-9-18(16)19/h4-11,14,17,25H,12-13H2,1-3H3,(H,22,23,26). The van der Waals surface area contributed by atoms with Crippen LogP contribution < -0.4 is 10.1 Å². The third-order valence-electron chi connectivity index (χ3n) is 4.34. The molecule has 0 radical (unpaired) electrons. The fourth-order valence-electron chi connectivity index (χ4n) is 2.92. The van der Waals surface area contributed by atoms with Gasteiger partial charge in [-0.1, -0.05) is 41.6 Å². The maximum absolute atomic E-state index is 12.5. The zero-order valence-electron chi connectivity index (χ0n) is 16.3. The van der Waals surface area contributed by atoms with Crippen molar-refractivity contribution in [2.75, 3.05) is 18.5 Å². The number of ether oxygens (including phenoxy) is 1. The SMILES string of the molecule is Cc1cc(NC(=O)N(CC(O)COc2cccc3ccccc23)C(C)C)no1. The molecule has 3 rings (SSSR count). The van der Waals surface area contributed by atoms with E-state index < -0.39 is 6.10 Å². The number of aryl methyl sites for hydroxylation is 1. The summed E-state index contributed by atoms with van der Waals surface area (Å²) in [4.78, 5) is 14.1. The minimum absolute atomic E-state index is 0.0770. The minimum atomic E-state index is -0.842. The lowest BCUT2D eigenvalue weighted by Crippen LogP contribution is -2.45. The minimum Gasteiger partial charge on any atom is -0.490 e. The molecule has 28 heavy (non-hydrogen) atoms. The number of nitrogens with zero attached hydrogens (tertiary/aromatic N) is 2.